The number of hydrogen-bond acceptors (Lipinski definition) is 1. The minimum Gasteiger partial charge on any atom is -0.345 e. The van der Waals surface area contributed by atoms with E-state index >= 15 is 0 Å². The first kappa shape index (κ1) is 26.3. The Labute approximate surface area is 229 Å². The van der Waals surface area contributed by atoms with Crippen molar-refractivity contribution in [3.63, 3.8) is 0 Å². The number of nitrogens with zero attached hydrogens (tertiary/aromatic N) is 2. The maximum Gasteiger partial charge on any atom is 0.173 e. The standard InChI is InChI=1S/C30H31Cl2N3S/c1-21-6-10-25(23(3)17-21)19-34-15-4-5-27(34)20-35(16-14-24-8-11-26(31)12-9-24)30(36)33-29-13-7-22(2)18-28(29)32/h4-13,15,17-18H,14,16,19-20H2,1-3H3,(H,33,36). The molecular formula is C30H31Cl2N3S. The van der Waals surface area contributed by atoms with E-state index < -0.39 is 0 Å². The third-order valence-corrected chi connectivity index (χ3v) is 7.28. The Bertz CT molecular complexity index is 1340. The summed E-state index contributed by atoms with van der Waals surface area (Å²) in [6, 6.07) is 24.8. The van der Waals surface area contributed by atoms with Gasteiger partial charge >= 0.3 is 0 Å². The molecule has 0 aliphatic heterocycles. The summed E-state index contributed by atoms with van der Waals surface area (Å²) < 4.78 is 2.30. The summed E-state index contributed by atoms with van der Waals surface area (Å²) in [6.07, 6.45) is 2.98. The van der Waals surface area contributed by atoms with Gasteiger partial charge in [-0.2, -0.15) is 0 Å². The second kappa shape index (κ2) is 12.0. The summed E-state index contributed by atoms with van der Waals surface area (Å²) in [4.78, 5) is 2.20. The minimum absolute atomic E-state index is 0.647. The van der Waals surface area contributed by atoms with E-state index in [9.17, 15) is 0 Å². The predicted octanol–water partition coefficient (Wildman–Crippen LogP) is 8.21. The lowest BCUT2D eigenvalue weighted by atomic mass is 10.1. The van der Waals surface area contributed by atoms with Crippen molar-refractivity contribution < 1.29 is 0 Å². The maximum absolute atomic E-state index is 6.49. The van der Waals surface area contributed by atoms with Gasteiger partial charge in [0.25, 0.3) is 0 Å². The van der Waals surface area contributed by atoms with Gasteiger partial charge in [-0.05, 0) is 98.1 Å². The summed E-state index contributed by atoms with van der Waals surface area (Å²) in [6.45, 7) is 8.59. The number of benzene rings is 3. The molecule has 0 spiro atoms. The molecule has 0 saturated heterocycles. The molecule has 36 heavy (non-hydrogen) atoms. The van der Waals surface area contributed by atoms with Crippen LogP contribution in [0, 0.1) is 20.8 Å². The molecule has 3 aromatic carbocycles. The lowest BCUT2D eigenvalue weighted by molar-refractivity contribution is 0.409. The number of halogens is 2. The van der Waals surface area contributed by atoms with Crippen molar-refractivity contribution in [3.05, 3.63) is 123 Å². The smallest absolute Gasteiger partial charge is 0.173 e. The van der Waals surface area contributed by atoms with E-state index in [1.165, 1.54) is 27.9 Å². The monoisotopic (exact) mass is 535 g/mol. The molecule has 0 bridgehead atoms. The van der Waals surface area contributed by atoms with E-state index in [-0.39, 0.29) is 0 Å². The number of rotatable bonds is 8. The quantitative estimate of drug-likeness (QED) is 0.229. The average Bonchev–Trinajstić information content (AvgIpc) is 3.27. The number of aromatic nitrogens is 1. The molecule has 186 valence electrons. The van der Waals surface area contributed by atoms with Crippen molar-refractivity contribution in [2.75, 3.05) is 11.9 Å². The second-order valence-electron chi connectivity index (χ2n) is 9.27. The zero-order valence-corrected chi connectivity index (χ0v) is 23.2. The van der Waals surface area contributed by atoms with E-state index in [0.717, 1.165) is 35.8 Å². The average molecular weight is 537 g/mol. The number of thiocarbonyl (C=S) groups is 1. The van der Waals surface area contributed by atoms with Crippen LogP contribution in [0.15, 0.2) is 79.0 Å². The van der Waals surface area contributed by atoms with Crippen LogP contribution in [0.3, 0.4) is 0 Å². The van der Waals surface area contributed by atoms with Crippen LogP contribution in [0.1, 0.15) is 33.5 Å². The molecule has 0 saturated carbocycles. The van der Waals surface area contributed by atoms with Crippen LogP contribution in [0.25, 0.3) is 0 Å². The van der Waals surface area contributed by atoms with Crippen molar-refractivity contribution in [3.8, 4) is 0 Å². The Morgan fingerprint density at radius 2 is 1.64 bits per heavy atom. The first-order chi connectivity index (χ1) is 17.3. The Hall–Kier alpha value is -2.79. The highest BCUT2D eigenvalue weighted by Gasteiger charge is 2.15. The first-order valence-corrected chi connectivity index (χ1v) is 13.2. The molecule has 6 heteroatoms. The highest BCUT2D eigenvalue weighted by molar-refractivity contribution is 7.80. The zero-order valence-electron chi connectivity index (χ0n) is 20.9. The second-order valence-corrected chi connectivity index (χ2v) is 10.5. The van der Waals surface area contributed by atoms with Crippen LogP contribution in [0.4, 0.5) is 5.69 Å². The van der Waals surface area contributed by atoms with Crippen molar-refractivity contribution >= 4 is 46.2 Å². The first-order valence-electron chi connectivity index (χ1n) is 12.0. The van der Waals surface area contributed by atoms with E-state index in [4.69, 9.17) is 35.4 Å². The van der Waals surface area contributed by atoms with Crippen LogP contribution < -0.4 is 5.32 Å². The topological polar surface area (TPSA) is 20.2 Å². The molecule has 4 aromatic rings. The molecule has 0 aliphatic carbocycles. The fourth-order valence-electron chi connectivity index (χ4n) is 4.23. The normalized spacial score (nSPS) is 10.9. The van der Waals surface area contributed by atoms with Gasteiger partial charge in [-0.1, -0.05) is 65.2 Å². The van der Waals surface area contributed by atoms with Gasteiger partial charge in [-0.3, -0.25) is 0 Å². The van der Waals surface area contributed by atoms with E-state index in [2.05, 4.69) is 77.3 Å². The molecule has 0 aliphatic rings. The number of nitrogens with one attached hydrogen (secondary N) is 1. The molecule has 4 rings (SSSR count). The molecule has 0 fully saturated rings. The van der Waals surface area contributed by atoms with E-state index in [0.29, 0.717) is 16.7 Å². The number of hydrogen-bond donors (Lipinski definition) is 1. The minimum atomic E-state index is 0.647. The number of aryl methyl sites for hydroxylation is 3. The molecular weight excluding hydrogens is 505 g/mol. The summed E-state index contributed by atoms with van der Waals surface area (Å²) in [7, 11) is 0. The Kier molecular flexibility index (Phi) is 8.73. The van der Waals surface area contributed by atoms with Gasteiger partial charge in [0.05, 0.1) is 17.3 Å². The van der Waals surface area contributed by atoms with Gasteiger partial charge in [-0.25, -0.2) is 0 Å². The summed E-state index contributed by atoms with van der Waals surface area (Å²) in [5, 5.41) is 5.42. The van der Waals surface area contributed by atoms with Crippen molar-refractivity contribution in [2.24, 2.45) is 0 Å². The SMILES string of the molecule is Cc1ccc(Cn2cccc2CN(CCc2ccc(Cl)cc2)C(=S)Nc2ccc(C)cc2Cl)c(C)c1. The van der Waals surface area contributed by atoms with Crippen molar-refractivity contribution in [1.29, 1.82) is 0 Å². The summed E-state index contributed by atoms with van der Waals surface area (Å²) in [5.41, 5.74) is 8.24. The highest BCUT2D eigenvalue weighted by Crippen LogP contribution is 2.24. The Morgan fingerprint density at radius 3 is 2.36 bits per heavy atom. The van der Waals surface area contributed by atoms with Gasteiger partial charge in [0, 0.05) is 30.0 Å². The van der Waals surface area contributed by atoms with Gasteiger partial charge in [0.1, 0.15) is 0 Å². The van der Waals surface area contributed by atoms with Crippen LogP contribution in [0.2, 0.25) is 10.0 Å². The van der Waals surface area contributed by atoms with Crippen LogP contribution in [-0.4, -0.2) is 21.1 Å². The fraction of sp³-hybridized carbons (Fsp3) is 0.233. The molecule has 0 atom stereocenters. The zero-order chi connectivity index (χ0) is 25.7. The molecule has 1 N–H and O–H groups in total. The van der Waals surface area contributed by atoms with Gasteiger partial charge in [0.2, 0.25) is 0 Å². The van der Waals surface area contributed by atoms with E-state index in [1.807, 2.05) is 37.3 Å². The molecule has 0 unspecified atom stereocenters. The van der Waals surface area contributed by atoms with E-state index in [1.54, 1.807) is 0 Å². The summed E-state index contributed by atoms with van der Waals surface area (Å²) in [5.74, 6) is 0. The van der Waals surface area contributed by atoms with Crippen molar-refractivity contribution in [1.82, 2.24) is 9.47 Å². The number of anilines is 1. The largest absolute Gasteiger partial charge is 0.345 e. The molecule has 1 aromatic heterocycles. The lowest BCUT2D eigenvalue weighted by Gasteiger charge is -2.27. The Balaban J connectivity index is 1.54. The van der Waals surface area contributed by atoms with Crippen molar-refractivity contribution in [2.45, 2.75) is 40.3 Å². The third-order valence-electron chi connectivity index (χ3n) is 6.35. The maximum atomic E-state index is 6.49. The van der Waals surface area contributed by atoms with Gasteiger partial charge in [0.15, 0.2) is 5.11 Å². The predicted molar refractivity (Wildman–Crippen MR) is 157 cm³/mol. The highest BCUT2D eigenvalue weighted by atomic mass is 35.5. The summed E-state index contributed by atoms with van der Waals surface area (Å²) >= 11 is 18.5. The Morgan fingerprint density at radius 1 is 0.917 bits per heavy atom. The third kappa shape index (κ3) is 6.91. The van der Waals surface area contributed by atoms with Crippen LogP contribution in [0.5, 0.6) is 0 Å². The molecule has 3 nitrogen and oxygen atoms in total. The van der Waals surface area contributed by atoms with Crippen LogP contribution >= 0.6 is 35.4 Å². The van der Waals surface area contributed by atoms with Gasteiger partial charge in [-0.15, -0.1) is 0 Å². The van der Waals surface area contributed by atoms with Crippen LogP contribution in [-0.2, 0) is 19.5 Å². The molecule has 1 heterocycles. The van der Waals surface area contributed by atoms with Gasteiger partial charge < -0.3 is 14.8 Å². The molecule has 0 radical (unpaired) electrons. The lowest BCUT2D eigenvalue weighted by Crippen LogP contribution is -2.36. The fourth-order valence-corrected chi connectivity index (χ4v) is 4.91. The molecule has 0 amide bonds.